The summed E-state index contributed by atoms with van der Waals surface area (Å²) >= 11 is 0. The van der Waals surface area contributed by atoms with Crippen molar-refractivity contribution in [2.45, 2.75) is 103 Å². The lowest BCUT2D eigenvalue weighted by Crippen LogP contribution is -2.40. The van der Waals surface area contributed by atoms with E-state index in [1.54, 1.807) is 0 Å². The molecule has 0 aromatic carbocycles. The number of carboxylic acids is 1. The summed E-state index contributed by atoms with van der Waals surface area (Å²) in [6.07, 6.45) is 13.7. The maximum Gasteiger partial charge on any atom is 0.326 e. The van der Waals surface area contributed by atoms with E-state index in [4.69, 9.17) is 5.11 Å². The fourth-order valence-corrected chi connectivity index (χ4v) is 2.53. The number of carbonyl (C=O) groups excluding carboxylic acids is 1. The maximum absolute atomic E-state index is 11.8. The fourth-order valence-electron chi connectivity index (χ4n) is 2.53. The molecule has 4 nitrogen and oxygen atoms in total. The van der Waals surface area contributed by atoms with E-state index in [1.165, 1.54) is 44.9 Å². The molecule has 0 unspecified atom stereocenters. The highest BCUT2D eigenvalue weighted by Gasteiger charge is 2.18. The molecular formula is C18H35NO3. The van der Waals surface area contributed by atoms with Gasteiger partial charge >= 0.3 is 5.97 Å². The summed E-state index contributed by atoms with van der Waals surface area (Å²) in [5.41, 5.74) is 0. The average molecular weight is 313 g/mol. The van der Waals surface area contributed by atoms with Crippen molar-refractivity contribution in [1.82, 2.24) is 5.32 Å². The molecule has 0 spiro atoms. The zero-order valence-corrected chi connectivity index (χ0v) is 14.5. The number of amides is 1. The second kappa shape index (κ2) is 14.9. The van der Waals surface area contributed by atoms with Gasteiger partial charge in [0.15, 0.2) is 0 Å². The fraction of sp³-hybridized carbons (Fsp3) is 0.889. The predicted molar refractivity (Wildman–Crippen MR) is 90.9 cm³/mol. The van der Waals surface area contributed by atoms with Crippen LogP contribution in [-0.2, 0) is 9.59 Å². The summed E-state index contributed by atoms with van der Waals surface area (Å²) in [5.74, 6) is -1.04. The SMILES string of the molecule is CCCCCCCCCCCC(=O)N[C@@H](CCCC)C(=O)O. The molecule has 22 heavy (non-hydrogen) atoms. The second-order valence-corrected chi connectivity index (χ2v) is 6.18. The maximum atomic E-state index is 11.8. The van der Waals surface area contributed by atoms with Crippen molar-refractivity contribution in [3.63, 3.8) is 0 Å². The molecule has 0 radical (unpaired) electrons. The molecule has 0 aliphatic heterocycles. The third kappa shape index (κ3) is 12.7. The van der Waals surface area contributed by atoms with Crippen molar-refractivity contribution in [3.8, 4) is 0 Å². The zero-order valence-electron chi connectivity index (χ0n) is 14.5. The summed E-state index contributed by atoms with van der Waals surface area (Å²) in [6.45, 7) is 4.24. The lowest BCUT2D eigenvalue weighted by Gasteiger charge is -2.13. The Morgan fingerprint density at radius 1 is 0.818 bits per heavy atom. The van der Waals surface area contributed by atoms with Crippen LogP contribution in [0.15, 0.2) is 0 Å². The molecule has 0 bridgehead atoms. The Morgan fingerprint density at radius 2 is 1.32 bits per heavy atom. The van der Waals surface area contributed by atoms with Crippen molar-refractivity contribution in [3.05, 3.63) is 0 Å². The van der Waals surface area contributed by atoms with Crippen LogP contribution < -0.4 is 5.32 Å². The number of carbonyl (C=O) groups is 2. The topological polar surface area (TPSA) is 66.4 Å². The molecule has 0 aliphatic carbocycles. The first-order valence-corrected chi connectivity index (χ1v) is 9.14. The predicted octanol–water partition coefficient (Wildman–Crippen LogP) is 4.67. The highest BCUT2D eigenvalue weighted by atomic mass is 16.4. The Hall–Kier alpha value is -1.06. The Balaban J connectivity index is 3.57. The Kier molecular flexibility index (Phi) is 14.1. The van der Waals surface area contributed by atoms with Crippen LogP contribution in [0.2, 0.25) is 0 Å². The molecule has 0 fully saturated rings. The molecular weight excluding hydrogens is 278 g/mol. The quantitative estimate of drug-likeness (QED) is 0.432. The molecule has 0 aliphatic rings. The molecule has 1 amide bonds. The summed E-state index contributed by atoms with van der Waals surface area (Å²) in [7, 11) is 0. The van der Waals surface area contributed by atoms with Crippen LogP contribution in [0.3, 0.4) is 0 Å². The van der Waals surface area contributed by atoms with Crippen LogP contribution in [0.25, 0.3) is 0 Å². The van der Waals surface area contributed by atoms with Crippen LogP contribution >= 0.6 is 0 Å². The number of hydrogen-bond acceptors (Lipinski definition) is 2. The Morgan fingerprint density at radius 3 is 1.82 bits per heavy atom. The lowest BCUT2D eigenvalue weighted by atomic mass is 10.1. The monoisotopic (exact) mass is 313 g/mol. The Bertz CT molecular complexity index is 292. The number of nitrogens with one attached hydrogen (secondary N) is 1. The average Bonchev–Trinajstić information content (AvgIpc) is 2.49. The molecule has 0 saturated heterocycles. The summed E-state index contributed by atoms with van der Waals surface area (Å²) < 4.78 is 0. The van der Waals surface area contributed by atoms with Gasteiger partial charge in [0.2, 0.25) is 5.91 Å². The van der Waals surface area contributed by atoms with Gasteiger partial charge < -0.3 is 10.4 Å². The Labute approximate surface area is 136 Å². The van der Waals surface area contributed by atoms with Gasteiger partial charge in [-0.05, 0) is 12.8 Å². The van der Waals surface area contributed by atoms with Crippen molar-refractivity contribution in [2.24, 2.45) is 0 Å². The van der Waals surface area contributed by atoms with Gasteiger partial charge in [0.1, 0.15) is 6.04 Å². The number of aliphatic carboxylic acids is 1. The van der Waals surface area contributed by atoms with Crippen molar-refractivity contribution in [1.29, 1.82) is 0 Å². The van der Waals surface area contributed by atoms with Crippen LogP contribution in [0.5, 0.6) is 0 Å². The molecule has 4 heteroatoms. The zero-order chi connectivity index (χ0) is 16.6. The van der Waals surface area contributed by atoms with Gasteiger partial charge in [-0.2, -0.15) is 0 Å². The molecule has 2 N–H and O–H groups in total. The lowest BCUT2D eigenvalue weighted by molar-refractivity contribution is -0.142. The van der Waals surface area contributed by atoms with E-state index in [1.807, 2.05) is 6.92 Å². The van der Waals surface area contributed by atoms with Crippen LogP contribution in [0, 0.1) is 0 Å². The van der Waals surface area contributed by atoms with E-state index in [9.17, 15) is 9.59 Å². The summed E-state index contributed by atoms with van der Waals surface area (Å²) in [4.78, 5) is 22.8. The number of rotatable bonds is 15. The molecule has 0 heterocycles. The largest absolute Gasteiger partial charge is 0.480 e. The van der Waals surface area contributed by atoms with Gasteiger partial charge in [0.25, 0.3) is 0 Å². The highest BCUT2D eigenvalue weighted by molar-refractivity contribution is 5.83. The molecule has 0 aromatic rings. The second-order valence-electron chi connectivity index (χ2n) is 6.18. The van der Waals surface area contributed by atoms with E-state index >= 15 is 0 Å². The third-order valence-corrected chi connectivity index (χ3v) is 3.99. The van der Waals surface area contributed by atoms with Gasteiger partial charge in [-0.15, -0.1) is 0 Å². The van der Waals surface area contributed by atoms with Crippen LogP contribution in [-0.4, -0.2) is 23.0 Å². The molecule has 0 saturated carbocycles. The molecule has 130 valence electrons. The van der Waals surface area contributed by atoms with Crippen LogP contribution in [0.4, 0.5) is 0 Å². The standard InChI is InChI=1S/C18H35NO3/c1-3-5-7-8-9-10-11-12-13-15-17(20)19-16(18(21)22)14-6-4-2/h16H,3-15H2,1-2H3,(H,19,20)(H,21,22)/t16-/m0/s1. The number of unbranched alkanes of at least 4 members (excludes halogenated alkanes) is 9. The van der Waals surface area contributed by atoms with Crippen molar-refractivity contribution < 1.29 is 14.7 Å². The van der Waals surface area contributed by atoms with Crippen molar-refractivity contribution in [2.75, 3.05) is 0 Å². The summed E-state index contributed by atoms with van der Waals surface area (Å²) in [5, 5.41) is 11.7. The molecule has 0 aromatic heterocycles. The number of hydrogen-bond donors (Lipinski definition) is 2. The normalized spacial score (nSPS) is 12.1. The minimum absolute atomic E-state index is 0.119. The van der Waals surface area contributed by atoms with E-state index in [2.05, 4.69) is 12.2 Å². The van der Waals surface area contributed by atoms with Gasteiger partial charge in [0, 0.05) is 6.42 Å². The molecule has 1 atom stereocenters. The van der Waals surface area contributed by atoms with E-state index in [0.29, 0.717) is 12.8 Å². The van der Waals surface area contributed by atoms with E-state index in [-0.39, 0.29) is 5.91 Å². The number of carboxylic acid groups (broad SMARTS) is 1. The smallest absolute Gasteiger partial charge is 0.326 e. The van der Waals surface area contributed by atoms with Gasteiger partial charge in [-0.1, -0.05) is 78.1 Å². The first kappa shape index (κ1) is 20.9. The summed E-state index contributed by atoms with van der Waals surface area (Å²) in [6, 6.07) is -0.717. The minimum Gasteiger partial charge on any atom is -0.480 e. The first-order chi connectivity index (χ1) is 10.6. The van der Waals surface area contributed by atoms with E-state index < -0.39 is 12.0 Å². The van der Waals surface area contributed by atoms with Crippen LogP contribution in [0.1, 0.15) is 97.3 Å². The van der Waals surface area contributed by atoms with Gasteiger partial charge in [0.05, 0.1) is 0 Å². The minimum atomic E-state index is -0.922. The first-order valence-electron chi connectivity index (χ1n) is 9.14. The third-order valence-electron chi connectivity index (χ3n) is 3.99. The van der Waals surface area contributed by atoms with Gasteiger partial charge in [-0.25, -0.2) is 4.79 Å². The van der Waals surface area contributed by atoms with E-state index in [0.717, 1.165) is 25.7 Å². The van der Waals surface area contributed by atoms with Gasteiger partial charge in [-0.3, -0.25) is 4.79 Å². The molecule has 0 rings (SSSR count). The highest BCUT2D eigenvalue weighted by Crippen LogP contribution is 2.10. The van der Waals surface area contributed by atoms with Crippen molar-refractivity contribution >= 4 is 11.9 Å².